The average Bonchev–Trinajstić information content (AvgIpc) is 3.06. The van der Waals surface area contributed by atoms with Crippen LogP contribution in [0.5, 0.6) is 0 Å². The number of aryl methyl sites for hydroxylation is 3. The molecule has 1 aliphatic rings. The van der Waals surface area contributed by atoms with Gasteiger partial charge < -0.3 is 5.32 Å². The number of hydrogen-bond donors (Lipinski definition) is 1. The van der Waals surface area contributed by atoms with E-state index in [1.54, 1.807) is 0 Å². The van der Waals surface area contributed by atoms with Crippen molar-refractivity contribution in [3.8, 4) is 0 Å². The van der Waals surface area contributed by atoms with Gasteiger partial charge in [-0.25, -0.2) is 0 Å². The second-order valence-electron chi connectivity index (χ2n) is 7.12. The first-order chi connectivity index (χ1) is 12.0. The van der Waals surface area contributed by atoms with E-state index >= 15 is 0 Å². The van der Waals surface area contributed by atoms with E-state index in [4.69, 9.17) is 0 Å². The highest BCUT2D eigenvalue weighted by Gasteiger charge is 2.19. The third-order valence-electron chi connectivity index (χ3n) is 4.97. The predicted molar refractivity (Wildman–Crippen MR) is 107 cm³/mol. The van der Waals surface area contributed by atoms with E-state index in [0.717, 1.165) is 18.5 Å². The average molecular weight is 333 g/mol. The van der Waals surface area contributed by atoms with E-state index in [9.17, 15) is 4.79 Å². The van der Waals surface area contributed by atoms with Gasteiger partial charge in [0.25, 0.3) is 0 Å². The Labute approximate surface area is 151 Å². The van der Waals surface area contributed by atoms with Gasteiger partial charge in [-0.15, -0.1) is 0 Å². The van der Waals surface area contributed by atoms with Gasteiger partial charge in [0.1, 0.15) is 0 Å². The number of anilines is 1. The molecule has 0 spiro atoms. The van der Waals surface area contributed by atoms with Crippen molar-refractivity contribution in [2.75, 3.05) is 5.32 Å². The second-order valence-corrected chi connectivity index (χ2v) is 7.12. The van der Waals surface area contributed by atoms with E-state index in [-0.39, 0.29) is 5.91 Å². The monoisotopic (exact) mass is 333 g/mol. The third-order valence-corrected chi connectivity index (χ3v) is 4.97. The summed E-state index contributed by atoms with van der Waals surface area (Å²) < 4.78 is 0. The summed E-state index contributed by atoms with van der Waals surface area (Å²) in [6.07, 6.45) is 3.93. The summed E-state index contributed by atoms with van der Waals surface area (Å²) in [4.78, 5) is 11.8. The second kappa shape index (κ2) is 7.26. The molecular formula is C23H27NO. The summed E-state index contributed by atoms with van der Waals surface area (Å²) in [6, 6.07) is 13.1. The van der Waals surface area contributed by atoms with Gasteiger partial charge in [-0.2, -0.15) is 0 Å². The van der Waals surface area contributed by atoms with Crippen LogP contribution in [0.25, 0.3) is 11.1 Å². The number of carbonyl (C=O) groups is 1. The summed E-state index contributed by atoms with van der Waals surface area (Å²) in [7, 11) is 0. The molecule has 25 heavy (non-hydrogen) atoms. The molecule has 2 aromatic carbocycles. The maximum absolute atomic E-state index is 11.8. The SMILES string of the molecule is CCC(=O)Nc1cc(C)cc(C2=C(c3cc(C)ccc3C)CCC2)c1. The first-order valence-electron chi connectivity index (χ1n) is 9.19. The molecule has 0 saturated heterocycles. The van der Waals surface area contributed by atoms with Gasteiger partial charge in [0.15, 0.2) is 0 Å². The molecule has 0 aromatic heterocycles. The number of amides is 1. The Kier molecular flexibility index (Phi) is 5.08. The fraction of sp³-hybridized carbons (Fsp3) is 0.348. The van der Waals surface area contributed by atoms with Crippen molar-refractivity contribution in [3.63, 3.8) is 0 Å². The van der Waals surface area contributed by atoms with E-state index in [0.29, 0.717) is 6.42 Å². The molecule has 2 heteroatoms. The van der Waals surface area contributed by atoms with Gasteiger partial charge in [0, 0.05) is 12.1 Å². The molecule has 3 rings (SSSR count). The van der Waals surface area contributed by atoms with Crippen LogP contribution in [-0.2, 0) is 4.79 Å². The number of carbonyl (C=O) groups excluding carboxylic acids is 1. The topological polar surface area (TPSA) is 29.1 Å². The van der Waals surface area contributed by atoms with Crippen molar-refractivity contribution < 1.29 is 4.79 Å². The van der Waals surface area contributed by atoms with E-state index in [1.165, 1.54) is 45.4 Å². The normalized spacial score (nSPS) is 14.1. The molecule has 0 atom stereocenters. The van der Waals surface area contributed by atoms with Crippen molar-refractivity contribution in [1.29, 1.82) is 0 Å². The number of nitrogens with one attached hydrogen (secondary N) is 1. The first kappa shape index (κ1) is 17.5. The van der Waals surface area contributed by atoms with E-state index in [2.05, 4.69) is 56.4 Å². The molecule has 0 aliphatic heterocycles. The van der Waals surface area contributed by atoms with Crippen LogP contribution < -0.4 is 5.32 Å². The van der Waals surface area contributed by atoms with E-state index < -0.39 is 0 Å². The molecule has 0 bridgehead atoms. The van der Waals surface area contributed by atoms with Crippen LogP contribution in [-0.4, -0.2) is 5.91 Å². The maximum atomic E-state index is 11.8. The Hall–Kier alpha value is -2.35. The Balaban J connectivity index is 2.07. The zero-order valence-electron chi connectivity index (χ0n) is 15.7. The first-order valence-corrected chi connectivity index (χ1v) is 9.19. The molecule has 0 unspecified atom stereocenters. The molecule has 1 aliphatic carbocycles. The third kappa shape index (κ3) is 3.84. The summed E-state index contributed by atoms with van der Waals surface area (Å²) in [5.41, 5.74) is 10.3. The summed E-state index contributed by atoms with van der Waals surface area (Å²) in [6.45, 7) is 8.33. The van der Waals surface area contributed by atoms with Crippen LogP contribution in [0.4, 0.5) is 5.69 Å². The highest BCUT2D eigenvalue weighted by atomic mass is 16.1. The highest BCUT2D eigenvalue weighted by molar-refractivity contribution is 5.96. The van der Waals surface area contributed by atoms with Gasteiger partial charge in [-0.1, -0.05) is 36.8 Å². The van der Waals surface area contributed by atoms with Gasteiger partial charge in [-0.05, 0) is 85.6 Å². The fourth-order valence-electron chi connectivity index (χ4n) is 3.70. The molecule has 0 fully saturated rings. The molecule has 0 saturated carbocycles. The quantitative estimate of drug-likeness (QED) is 0.724. The van der Waals surface area contributed by atoms with Crippen molar-refractivity contribution in [2.24, 2.45) is 0 Å². The van der Waals surface area contributed by atoms with Gasteiger partial charge >= 0.3 is 0 Å². The van der Waals surface area contributed by atoms with Gasteiger partial charge in [-0.3, -0.25) is 4.79 Å². The van der Waals surface area contributed by atoms with Gasteiger partial charge in [0.05, 0.1) is 0 Å². The Morgan fingerprint density at radius 2 is 1.72 bits per heavy atom. The van der Waals surface area contributed by atoms with Crippen molar-refractivity contribution in [2.45, 2.75) is 53.4 Å². The lowest BCUT2D eigenvalue weighted by atomic mass is 9.92. The lowest BCUT2D eigenvalue weighted by Gasteiger charge is -2.14. The fourth-order valence-corrected chi connectivity index (χ4v) is 3.70. The summed E-state index contributed by atoms with van der Waals surface area (Å²) in [5.74, 6) is 0.0618. The standard InChI is InChI=1S/C23H27NO/c1-5-23(25)24-19-12-16(3)11-18(14-19)20-7-6-8-21(20)22-13-15(2)9-10-17(22)4/h9-14H,5-8H2,1-4H3,(H,24,25). The zero-order valence-corrected chi connectivity index (χ0v) is 15.7. The van der Waals surface area contributed by atoms with Crippen LogP contribution in [0.15, 0.2) is 36.4 Å². The number of allylic oxidation sites excluding steroid dienone is 2. The minimum Gasteiger partial charge on any atom is -0.326 e. The number of rotatable bonds is 4. The van der Waals surface area contributed by atoms with Crippen LogP contribution in [0.3, 0.4) is 0 Å². The van der Waals surface area contributed by atoms with Crippen LogP contribution >= 0.6 is 0 Å². The number of benzene rings is 2. The minimum absolute atomic E-state index is 0.0618. The van der Waals surface area contributed by atoms with Crippen LogP contribution in [0.2, 0.25) is 0 Å². The van der Waals surface area contributed by atoms with E-state index in [1.807, 2.05) is 13.0 Å². The molecule has 2 aromatic rings. The minimum atomic E-state index is 0.0618. The predicted octanol–water partition coefficient (Wildman–Crippen LogP) is 6.06. The number of hydrogen-bond acceptors (Lipinski definition) is 1. The lowest BCUT2D eigenvalue weighted by molar-refractivity contribution is -0.115. The summed E-state index contributed by atoms with van der Waals surface area (Å²) in [5, 5.41) is 3.01. The largest absolute Gasteiger partial charge is 0.326 e. The Morgan fingerprint density at radius 1 is 0.960 bits per heavy atom. The van der Waals surface area contributed by atoms with Crippen LogP contribution in [0.1, 0.15) is 60.4 Å². The molecule has 0 radical (unpaired) electrons. The van der Waals surface area contributed by atoms with Gasteiger partial charge in [0.2, 0.25) is 5.91 Å². The smallest absolute Gasteiger partial charge is 0.224 e. The molecule has 2 nitrogen and oxygen atoms in total. The Bertz CT molecular complexity index is 845. The molecular weight excluding hydrogens is 306 g/mol. The lowest BCUT2D eigenvalue weighted by Crippen LogP contribution is -2.09. The Morgan fingerprint density at radius 3 is 2.48 bits per heavy atom. The molecule has 1 N–H and O–H groups in total. The summed E-state index contributed by atoms with van der Waals surface area (Å²) >= 11 is 0. The van der Waals surface area contributed by atoms with Crippen molar-refractivity contribution in [3.05, 3.63) is 64.2 Å². The van der Waals surface area contributed by atoms with Crippen molar-refractivity contribution in [1.82, 2.24) is 0 Å². The zero-order chi connectivity index (χ0) is 18.0. The highest BCUT2D eigenvalue weighted by Crippen LogP contribution is 2.41. The molecule has 0 heterocycles. The maximum Gasteiger partial charge on any atom is 0.224 e. The van der Waals surface area contributed by atoms with Crippen molar-refractivity contribution >= 4 is 22.7 Å². The molecule has 1 amide bonds. The van der Waals surface area contributed by atoms with Crippen LogP contribution in [0, 0.1) is 20.8 Å². The molecule has 130 valence electrons.